The van der Waals surface area contributed by atoms with E-state index in [2.05, 4.69) is 73.7 Å². The number of hydrogen-bond acceptors (Lipinski definition) is 1. The van der Waals surface area contributed by atoms with E-state index in [4.69, 9.17) is 12.6 Å². The number of quaternary nitrogens is 1. The summed E-state index contributed by atoms with van der Waals surface area (Å²) >= 11 is 0. The molecule has 2 nitrogen and oxygen atoms in total. The van der Waals surface area contributed by atoms with Crippen LogP contribution in [0.15, 0.2) is 34.9 Å². The Labute approximate surface area is 170 Å². The molecule has 1 saturated heterocycles. The minimum absolute atomic E-state index is 0.129. The average molecular weight is 372 g/mol. The van der Waals surface area contributed by atoms with Crippen LogP contribution in [0.25, 0.3) is 0 Å². The van der Waals surface area contributed by atoms with E-state index in [0.717, 1.165) is 43.4 Å². The molecule has 1 heterocycles. The highest BCUT2D eigenvalue weighted by Crippen LogP contribution is 2.29. The molecule has 0 aromatic carbocycles. The van der Waals surface area contributed by atoms with Gasteiger partial charge in [-0.1, -0.05) is 49.6 Å². The lowest BCUT2D eigenvalue weighted by Gasteiger charge is -2.47. The molecule has 152 valence electrons. The van der Waals surface area contributed by atoms with Gasteiger partial charge >= 0.3 is 0 Å². The second-order valence-electron chi connectivity index (χ2n) is 10.2. The third kappa shape index (κ3) is 9.80. The molecule has 0 saturated carbocycles. The van der Waals surface area contributed by atoms with Crippen molar-refractivity contribution in [3.8, 4) is 0 Å². The number of morpholine rings is 1. The fourth-order valence-corrected chi connectivity index (χ4v) is 3.55. The SMILES string of the molecule is [B]C1C[N+](C)(C/C=C(\C)CC/C=C(\C)CCC=C(C)C)CC(C(C)(C)C)O1. The topological polar surface area (TPSA) is 9.23 Å². The molecule has 2 radical (unpaired) electrons. The maximum absolute atomic E-state index is 6.21. The zero-order valence-corrected chi connectivity index (χ0v) is 19.3. The first kappa shape index (κ1) is 24.2. The molecule has 3 heteroatoms. The van der Waals surface area contributed by atoms with Crippen molar-refractivity contribution in [2.24, 2.45) is 5.41 Å². The van der Waals surface area contributed by atoms with Crippen LogP contribution in [0.4, 0.5) is 0 Å². The standard InChI is InChI=1S/C24H43BNO/c1-19(2)11-9-12-20(3)13-10-14-21(4)15-16-26(8)17-22(24(5,6)7)27-23(25)18-26/h11,13,15,22-23H,9-10,12,14,16-18H2,1-8H3/q+1/b20-13+,21-15+. The highest BCUT2D eigenvalue weighted by molar-refractivity contribution is 6.11. The highest BCUT2D eigenvalue weighted by atomic mass is 16.5. The summed E-state index contributed by atoms with van der Waals surface area (Å²) in [5.74, 6) is 0. The lowest BCUT2D eigenvalue weighted by Crippen LogP contribution is -2.61. The van der Waals surface area contributed by atoms with Crippen molar-refractivity contribution in [2.45, 2.75) is 86.3 Å². The van der Waals surface area contributed by atoms with E-state index in [9.17, 15) is 0 Å². The number of allylic oxidation sites excluding steroid dienone is 5. The molecule has 0 amide bonds. The predicted molar refractivity (Wildman–Crippen MR) is 120 cm³/mol. The molecule has 0 bridgehead atoms. The minimum atomic E-state index is -0.159. The summed E-state index contributed by atoms with van der Waals surface area (Å²) in [6, 6.07) is -0.159. The van der Waals surface area contributed by atoms with Crippen LogP contribution in [-0.4, -0.2) is 51.1 Å². The molecule has 1 fully saturated rings. The molecule has 27 heavy (non-hydrogen) atoms. The summed E-state index contributed by atoms with van der Waals surface area (Å²) in [5.41, 5.74) is 4.53. The van der Waals surface area contributed by atoms with Crippen LogP contribution in [-0.2, 0) is 4.74 Å². The number of likely N-dealkylation sites (N-methyl/N-ethyl adjacent to an activating group) is 1. The molecule has 0 aromatic rings. The number of nitrogens with zero attached hydrogens (tertiary/aromatic N) is 1. The van der Waals surface area contributed by atoms with Gasteiger partial charge in [-0.2, -0.15) is 0 Å². The molecule has 0 aromatic heterocycles. The molecular formula is C24H43BNO+. The quantitative estimate of drug-likeness (QED) is 0.298. The van der Waals surface area contributed by atoms with Gasteiger partial charge in [-0.25, -0.2) is 0 Å². The van der Waals surface area contributed by atoms with Crippen molar-refractivity contribution in [3.63, 3.8) is 0 Å². The lowest BCUT2D eigenvalue weighted by molar-refractivity contribution is -0.917. The fourth-order valence-electron chi connectivity index (χ4n) is 3.55. The second-order valence-corrected chi connectivity index (χ2v) is 10.2. The Morgan fingerprint density at radius 3 is 2.07 bits per heavy atom. The third-order valence-corrected chi connectivity index (χ3v) is 5.54. The van der Waals surface area contributed by atoms with Gasteiger partial charge in [0.25, 0.3) is 0 Å². The zero-order valence-electron chi connectivity index (χ0n) is 19.3. The van der Waals surface area contributed by atoms with Crippen molar-refractivity contribution in [3.05, 3.63) is 34.9 Å². The first-order valence-corrected chi connectivity index (χ1v) is 10.6. The summed E-state index contributed by atoms with van der Waals surface area (Å²) < 4.78 is 6.99. The minimum Gasteiger partial charge on any atom is -0.373 e. The summed E-state index contributed by atoms with van der Waals surface area (Å²) in [4.78, 5) is 0. The van der Waals surface area contributed by atoms with Crippen LogP contribution in [0.5, 0.6) is 0 Å². The molecule has 0 aliphatic carbocycles. The van der Waals surface area contributed by atoms with Crippen molar-refractivity contribution >= 4 is 7.85 Å². The van der Waals surface area contributed by atoms with Gasteiger partial charge in [0.1, 0.15) is 20.5 Å². The van der Waals surface area contributed by atoms with Gasteiger partial charge in [0.15, 0.2) is 0 Å². The van der Waals surface area contributed by atoms with Gasteiger partial charge in [0.2, 0.25) is 0 Å². The molecular weight excluding hydrogens is 329 g/mol. The van der Waals surface area contributed by atoms with E-state index >= 15 is 0 Å². The number of ether oxygens (including phenoxy) is 1. The van der Waals surface area contributed by atoms with Crippen molar-refractivity contribution < 1.29 is 9.22 Å². The van der Waals surface area contributed by atoms with Crippen LogP contribution in [0, 0.1) is 5.41 Å². The Morgan fingerprint density at radius 1 is 0.963 bits per heavy atom. The molecule has 0 N–H and O–H groups in total. The summed E-state index contributed by atoms with van der Waals surface area (Å²) in [6.07, 6.45) is 12.0. The van der Waals surface area contributed by atoms with Crippen LogP contribution >= 0.6 is 0 Å². The Balaban J connectivity index is 2.51. The van der Waals surface area contributed by atoms with Gasteiger partial charge in [-0.15, -0.1) is 0 Å². The van der Waals surface area contributed by atoms with E-state index in [1.165, 1.54) is 23.1 Å². The summed E-state index contributed by atoms with van der Waals surface area (Å²) in [5, 5.41) is 0. The smallest absolute Gasteiger partial charge is 0.116 e. The van der Waals surface area contributed by atoms with Crippen LogP contribution < -0.4 is 0 Å². The Kier molecular flexibility index (Phi) is 9.58. The van der Waals surface area contributed by atoms with Crippen LogP contribution in [0.2, 0.25) is 0 Å². The normalized spacial score (nSPS) is 27.6. The molecule has 3 unspecified atom stereocenters. The van der Waals surface area contributed by atoms with Crippen LogP contribution in [0.3, 0.4) is 0 Å². The van der Waals surface area contributed by atoms with Gasteiger partial charge < -0.3 is 9.22 Å². The Hall–Kier alpha value is -0.795. The van der Waals surface area contributed by atoms with E-state index in [-0.39, 0.29) is 17.5 Å². The number of rotatable bonds is 8. The van der Waals surface area contributed by atoms with Gasteiger partial charge in [0, 0.05) is 0 Å². The van der Waals surface area contributed by atoms with Gasteiger partial charge in [0.05, 0.1) is 26.1 Å². The van der Waals surface area contributed by atoms with E-state index in [0.29, 0.717) is 0 Å². The number of hydrogen-bond donors (Lipinski definition) is 0. The van der Waals surface area contributed by atoms with E-state index in [1.54, 1.807) is 0 Å². The molecule has 1 aliphatic rings. The van der Waals surface area contributed by atoms with Crippen LogP contribution in [0.1, 0.15) is 74.1 Å². The lowest BCUT2D eigenvalue weighted by atomic mass is 9.85. The van der Waals surface area contributed by atoms with E-state index < -0.39 is 0 Å². The van der Waals surface area contributed by atoms with Crippen molar-refractivity contribution in [2.75, 3.05) is 26.7 Å². The monoisotopic (exact) mass is 372 g/mol. The Morgan fingerprint density at radius 2 is 1.52 bits per heavy atom. The van der Waals surface area contributed by atoms with Crippen molar-refractivity contribution in [1.29, 1.82) is 0 Å². The summed E-state index contributed by atoms with van der Waals surface area (Å²) in [6.45, 7) is 18.5. The van der Waals surface area contributed by atoms with Crippen molar-refractivity contribution in [1.82, 2.24) is 0 Å². The average Bonchev–Trinajstić information content (AvgIpc) is 2.51. The fraction of sp³-hybridized carbons (Fsp3) is 0.750. The van der Waals surface area contributed by atoms with Gasteiger partial charge in [-0.3, -0.25) is 0 Å². The molecule has 1 rings (SSSR count). The van der Waals surface area contributed by atoms with Gasteiger partial charge in [-0.05, 0) is 64.9 Å². The van der Waals surface area contributed by atoms with E-state index in [1.807, 2.05) is 0 Å². The highest BCUT2D eigenvalue weighted by Gasteiger charge is 2.40. The maximum atomic E-state index is 6.21. The molecule has 0 spiro atoms. The second kappa shape index (κ2) is 10.7. The predicted octanol–water partition coefficient (Wildman–Crippen LogP) is 5.79. The zero-order chi connectivity index (χ0) is 20.7. The summed E-state index contributed by atoms with van der Waals surface area (Å²) in [7, 11) is 8.52. The Bertz CT molecular complexity index is 551. The molecule has 3 atom stereocenters. The first-order chi connectivity index (χ1) is 12.4. The first-order valence-electron chi connectivity index (χ1n) is 10.6. The maximum Gasteiger partial charge on any atom is 0.116 e. The largest absolute Gasteiger partial charge is 0.373 e. The third-order valence-electron chi connectivity index (χ3n) is 5.54. The molecule has 1 aliphatic heterocycles.